The van der Waals surface area contributed by atoms with Crippen LogP contribution in [0.15, 0.2) is 21.3 Å². The topological polar surface area (TPSA) is 88.8 Å². The van der Waals surface area contributed by atoms with Gasteiger partial charge in [-0.3, -0.25) is 4.79 Å². The van der Waals surface area contributed by atoms with Crippen LogP contribution in [0.1, 0.15) is 43.4 Å². The third kappa shape index (κ3) is 3.60. The Morgan fingerprint density at radius 3 is 2.73 bits per heavy atom. The summed E-state index contributed by atoms with van der Waals surface area (Å²) < 4.78 is 11.1. The van der Waals surface area contributed by atoms with Crippen molar-refractivity contribution >= 4 is 16.9 Å². The normalized spacial score (nSPS) is 19.5. The van der Waals surface area contributed by atoms with E-state index in [9.17, 15) is 14.7 Å². The van der Waals surface area contributed by atoms with Gasteiger partial charge in [-0.05, 0) is 58.2 Å². The van der Waals surface area contributed by atoms with Crippen LogP contribution in [0.4, 0.5) is 0 Å². The van der Waals surface area contributed by atoms with Gasteiger partial charge in [0.15, 0.2) is 0 Å². The second-order valence-corrected chi connectivity index (χ2v) is 7.62. The number of phenolic OH excluding ortho intramolecular Hbond substituents is 1. The van der Waals surface area contributed by atoms with Crippen LogP contribution in [-0.2, 0) is 16.0 Å². The highest BCUT2D eigenvalue weighted by atomic mass is 16.5. The third-order valence-corrected chi connectivity index (χ3v) is 5.07. The van der Waals surface area contributed by atoms with Gasteiger partial charge in [-0.1, -0.05) is 0 Å². The molecule has 0 spiro atoms. The van der Waals surface area contributed by atoms with E-state index in [1.165, 1.54) is 0 Å². The SMILES string of the molecule is Cc1c(CC(=O)N[C@@H]2CCOC(C)(C)C2)c(=O)oc2c(C)c(O)ccc12. The second-order valence-electron chi connectivity index (χ2n) is 7.62. The number of fused-ring (bicyclic) bond motifs is 1. The fourth-order valence-corrected chi connectivity index (χ4v) is 3.58. The molecular formula is C20H25NO5. The molecule has 1 aromatic heterocycles. The Morgan fingerprint density at radius 2 is 2.04 bits per heavy atom. The average Bonchev–Trinajstić information content (AvgIpc) is 2.54. The van der Waals surface area contributed by atoms with Gasteiger partial charge in [0.05, 0.1) is 17.6 Å². The molecule has 2 N–H and O–H groups in total. The van der Waals surface area contributed by atoms with E-state index in [4.69, 9.17) is 9.15 Å². The quantitative estimate of drug-likeness (QED) is 0.823. The zero-order valence-electron chi connectivity index (χ0n) is 15.6. The van der Waals surface area contributed by atoms with E-state index in [0.717, 1.165) is 18.2 Å². The molecule has 1 aliphatic rings. The molecule has 6 heteroatoms. The zero-order valence-corrected chi connectivity index (χ0v) is 15.6. The lowest BCUT2D eigenvalue weighted by molar-refractivity contribution is -0.123. The summed E-state index contributed by atoms with van der Waals surface area (Å²) in [5.41, 5.74) is 1.15. The third-order valence-electron chi connectivity index (χ3n) is 5.07. The van der Waals surface area contributed by atoms with Crippen molar-refractivity contribution in [3.8, 4) is 5.75 Å². The van der Waals surface area contributed by atoms with E-state index in [1.54, 1.807) is 26.0 Å². The first kappa shape index (κ1) is 18.5. The van der Waals surface area contributed by atoms with E-state index in [1.807, 2.05) is 13.8 Å². The Morgan fingerprint density at radius 1 is 1.31 bits per heavy atom. The molecule has 0 saturated carbocycles. The predicted molar refractivity (Wildman–Crippen MR) is 98.5 cm³/mol. The number of hydrogen-bond donors (Lipinski definition) is 2. The van der Waals surface area contributed by atoms with Gasteiger partial charge in [-0.2, -0.15) is 0 Å². The number of carbonyl (C=O) groups is 1. The minimum atomic E-state index is -0.536. The summed E-state index contributed by atoms with van der Waals surface area (Å²) in [6, 6.07) is 3.31. The largest absolute Gasteiger partial charge is 0.508 e. The van der Waals surface area contributed by atoms with Gasteiger partial charge in [0, 0.05) is 23.6 Å². The van der Waals surface area contributed by atoms with E-state index in [-0.39, 0.29) is 29.7 Å². The Hall–Kier alpha value is -2.34. The average molecular weight is 359 g/mol. The van der Waals surface area contributed by atoms with Crippen molar-refractivity contribution in [3.63, 3.8) is 0 Å². The fourth-order valence-electron chi connectivity index (χ4n) is 3.58. The van der Waals surface area contributed by atoms with E-state index < -0.39 is 5.63 Å². The van der Waals surface area contributed by atoms with Crippen LogP contribution < -0.4 is 10.9 Å². The summed E-state index contributed by atoms with van der Waals surface area (Å²) in [7, 11) is 0. The molecule has 1 saturated heterocycles. The summed E-state index contributed by atoms with van der Waals surface area (Å²) in [4.78, 5) is 24.9. The maximum Gasteiger partial charge on any atom is 0.340 e. The summed E-state index contributed by atoms with van der Waals surface area (Å²) in [5.74, 6) is -0.120. The molecule has 6 nitrogen and oxygen atoms in total. The number of amides is 1. The number of aromatic hydroxyl groups is 1. The fraction of sp³-hybridized carbons (Fsp3) is 0.500. The van der Waals surface area contributed by atoms with Crippen LogP contribution in [0.3, 0.4) is 0 Å². The summed E-state index contributed by atoms with van der Waals surface area (Å²) in [6.45, 7) is 8.11. The number of phenols is 1. The maximum absolute atomic E-state index is 12.5. The highest BCUT2D eigenvalue weighted by molar-refractivity contribution is 5.87. The molecular weight excluding hydrogens is 334 g/mol. The standard InChI is InChI=1S/C20H25NO5/c1-11-14-5-6-16(22)12(2)18(14)26-19(24)15(11)9-17(23)21-13-7-8-25-20(3,4)10-13/h5-6,13,22H,7-10H2,1-4H3,(H,21,23)/t13-/m1/s1. The van der Waals surface area contributed by atoms with Crippen molar-refractivity contribution in [2.75, 3.05) is 6.61 Å². The number of benzene rings is 1. The first-order chi connectivity index (χ1) is 12.2. The molecule has 1 fully saturated rings. The molecule has 1 atom stereocenters. The smallest absolute Gasteiger partial charge is 0.340 e. The van der Waals surface area contributed by atoms with Gasteiger partial charge in [0.2, 0.25) is 5.91 Å². The van der Waals surface area contributed by atoms with Crippen molar-refractivity contribution in [2.24, 2.45) is 0 Å². The minimum Gasteiger partial charge on any atom is -0.508 e. The van der Waals surface area contributed by atoms with Crippen LogP contribution >= 0.6 is 0 Å². The number of hydrogen-bond acceptors (Lipinski definition) is 5. The summed E-state index contributed by atoms with van der Waals surface area (Å²) in [5, 5.41) is 13.5. The van der Waals surface area contributed by atoms with Crippen LogP contribution in [0.5, 0.6) is 5.75 Å². The van der Waals surface area contributed by atoms with Gasteiger partial charge in [-0.25, -0.2) is 4.79 Å². The van der Waals surface area contributed by atoms with Crippen LogP contribution in [0, 0.1) is 13.8 Å². The highest BCUT2D eigenvalue weighted by Gasteiger charge is 2.30. The van der Waals surface area contributed by atoms with Crippen molar-refractivity contribution in [1.29, 1.82) is 0 Å². The summed E-state index contributed by atoms with van der Waals surface area (Å²) in [6.07, 6.45) is 1.48. The van der Waals surface area contributed by atoms with Crippen LogP contribution in [-0.4, -0.2) is 29.3 Å². The molecule has 1 amide bonds. The van der Waals surface area contributed by atoms with Crippen LogP contribution in [0.25, 0.3) is 11.0 Å². The Kier molecular flexibility index (Phi) is 4.80. The number of nitrogens with one attached hydrogen (secondary N) is 1. The van der Waals surface area contributed by atoms with Crippen molar-refractivity contribution in [3.05, 3.63) is 39.2 Å². The lowest BCUT2D eigenvalue weighted by Crippen LogP contribution is -2.46. The molecule has 1 aromatic carbocycles. The monoisotopic (exact) mass is 359 g/mol. The number of carbonyl (C=O) groups excluding carboxylic acids is 1. The molecule has 1 aliphatic heterocycles. The lowest BCUT2D eigenvalue weighted by atomic mass is 9.93. The molecule has 2 aromatic rings. The highest BCUT2D eigenvalue weighted by Crippen LogP contribution is 2.28. The Labute approximate surface area is 152 Å². The van der Waals surface area contributed by atoms with E-state index in [2.05, 4.69) is 5.32 Å². The number of rotatable bonds is 3. The van der Waals surface area contributed by atoms with Gasteiger partial charge in [0.1, 0.15) is 11.3 Å². The predicted octanol–water partition coefficient (Wildman–Crippen LogP) is 2.73. The molecule has 140 valence electrons. The lowest BCUT2D eigenvalue weighted by Gasteiger charge is -2.35. The molecule has 0 aliphatic carbocycles. The second kappa shape index (κ2) is 6.76. The van der Waals surface area contributed by atoms with Gasteiger partial charge in [0.25, 0.3) is 0 Å². The van der Waals surface area contributed by atoms with Gasteiger partial charge >= 0.3 is 5.63 Å². The van der Waals surface area contributed by atoms with Crippen molar-refractivity contribution in [1.82, 2.24) is 5.32 Å². The number of aryl methyl sites for hydroxylation is 2. The molecule has 0 bridgehead atoms. The molecule has 0 radical (unpaired) electrons. The Balaban J connectivity index is 1.83. The number of ether oxygens (including phenoxy) is 1. The maximum atomic E-state index is 12.5. The van der Waals surface area contributed by atoms with Crippen LogP contribution in [0.2, 0.25) is 0 Å². The molecule has 3 rings (SSSR count). The van der Waals surface area contributed by atoms with E-state index in [0.29, 0.717) is 28.9 Å². The first-order valence-electron chi connectivity index (χ1n) is 8.86. The Bertz CT molecular complexity index is 913. The van der Waals surface area contributed by atoms with Crippen molar-refractivity contribution < 1.29 is 19.1 Å². The molecule has 26 heavy (non-hydrogen) atoms. The van der Waals surface area contributed by atoms with Crippen molar-refractivity contribution in [2.45, 2.75) is 58.6 Å². The minimum absolute atomic E-state index is 0.0260. The van der Waals surface area contributed by atoms with Gasteiger partial charge < -0.3 is 19.6 Å². The van der Waals surface area contributed by atoms with E-state index >= 15 is 0 Å². The first-order valence-corrected chi connectivity index (χ1v) is 8.86. The van der Waals surface area contributed by atoms with Gasteiger partial charge in [-0.15, -0.1) is 0 Å². The molecule has 2 heterocycles. The molecule has 0 unspecified atom stereocenters. The zero-order chi connectivity index (χ0) is 19.1. The summed E-state index contributed by atoms with van der Waals surface area (Å²) >= 11 is 0.